The number of likely N-dealkylation sites (N-methyl/N-ethyl adjacent to an activating group) is 1. The summed E-state index contributed by atoms with van der Waals surface area (Å²) >= 11 is 8.22. The largest absolute Gasteiger partial charge is 0.475 e. The second-order valence-electron chi connectivity index (χ2n) is 7.10. The highest BCUT2D eigenvalue weighted by molar-refractivity contribution is 7.19. The van der Waals surface area contributed by atoms with Gasteiger partial charge in [0.15, 0.2) is 0 Å². The molecule has 27 heavy (non-hydrogen) atoms. The number of benzene rings is 1. The fraction of sp³-hybridized carbons (Fsp3) is 0.421. The molecule has 0 radical (unpaired) electrons. The number of nitrogens with zero attached hydrogens (tertiary/aromatic N) is 3. The zero-order valence-electron chi connectivity index (χ0n) is 15.5. The van der Waals surface area contributed by atoms with Gasteiger partial charge >= 0.3 is 0 Å². The lowest BCUT2D eigenvalue weighted by Crippen LogP contribution is -2.28. The number of thiazole rings is 1. The van der Waals surface area contributed by atoms with Crippen LogP contribution in [0.2, 0.25) is 5.02 Å². The van der Waals surface area contributed by atoms with Crippen molar-refractivity contribution in [2.75, 3.05) is 13.7 Å². The number of halogens is 1. The molecule has 6 nitrogen and oxygen atoms in total. The van der Waals surface area contributed by atoms with E-state index in [9.17, 15) is 0 Å². The molecule has 4 rings (SSSR count). The van der Waals surface area contributed by atoms with Crippen LogP contribution >= 0.6 is 22.9 Å². The number of nitrogens with one attached hydrogen (secondary N) is 1. The standard InChI is InChI=1S/C19H21ClN4O2S/c1-11(21-3)10-25-14-8-23-15(9-22-14)26-13-5-4-12-17(16(13)20)27-18(24-12)19(2)6-7-19/h4-5,8-9,11,21H,6-7,10H2,1-3H3. The van der Waals surface area contributed by atoms with Crippen molar-refractivity contribution in [1.29, 1.82) is 0 Å². The van der Waals surface area contributed by atoms with Crippen molar-refractivity contribution in [3.05, 3.63) is 34.6 Å². The molecule has 0 saturated heterocycles. The van der Waals surface area contributed by atoms with E-state index in [1.54, 1.807) is 17.5 Å². The smallest absolute Gasteiger partial charge is 0.238 e. The maximum Gasteiger partial charge on any atom is 0.238 e. The van der Waals surface area contributed by atoms with Crippen LogP contribution in [0.1, 0.15) is 31.7 Å². The molecular weight excluding hydrogens is 384 g/mol. The SMILES string of the molecule is CNC(C)COc1cnc(Oc2ccc3nc(C4(C)CC4)sc3c2Cl)cn1. The van der Waals surface area contributed by atoms with Crippen LogP contribution in [0.4, 0.5) is 0 Å². The molecule has 2 heterocycles. The van der Waals surface area contributed by atoms with E-state index in [0.29, 0.717) is 29.1 Å². The van der Waals surface area contributed by atoms with Crippen LogP contribution in [-0.4, -0.2) is 34.6 Å². The van der Waals surface area contributed by atoms with E-state index in [1.807, 2.05) is 26.1 Å². The average Bonchev–Trinajstić information content (AvgIpc) is 3.27. The first-order chi connectivity index (χ1) is 13.0. The Morgan fingerprint density at radius 2 is 2.00 bits per heavy atom. The maximum absolute atomic E-state index is 6.57. The fourth-order valence-electron chi connectivity index (χ4n) is 2.52. The number of ether oxygens (including phenoxy) is 2. The summed E-state index contributed by atoms with van der Waals surface area (Å²) in [4.78, 5) is 13.2. The quantitative estimate of drug-likeness (QED) is 0.622. The predicted molar refractivity (Wildman–Crippen MR) is 107 cm³/mol. The number of fused-ring (bicyclic) bond motifs is 1. The van der Waals surface area contributed by atoms with Gasteiger partial charge in [0.1, 0.15) is 17.4 Å². The number of hydrogen-bond donors (Lipinski definition) is 1. The van der Waals surface area contributed by atoms with Crippen LogP contribution in [-0.2, 0) is 5.41 Å². The summed E-state index contributed by atoms with van der Waals surface area (Å²) < 4.78 is 12.3. The lowest BCUT2D eigenvalue weighted by molar-refractivity contribution is 0.268. The minimum atomic E-state index is 0.222. The second kappa shape index (κ2) is 7.22. The summed E-state index contributed by atoms with van der Waals surface area (Å²) in [6.07, 6.45) is 5.45. The highest BCUT2D eigenvalue weighted by atomic mass is 35.5. The summed E-state index contributed by atoms with van der Waals surface area (Å²) in [5.74, 6) is 1.37. The van der Waals surface area contributed by atoms with Gasteiger partial charge in [0.2, 0.25) is 11.8 Å². The molecular formula is C19H21ClN4O2S. The van der Waals surface area contributed by atoms with Gasteiger partial charge in [-0.2, -0.15) is 0 Å². The Labute approximate surface area is 166 Å². The molecule has 8 heteroatoms. The molecule has 0 amide bonds. The van der Waals surface area contributed by atoms with E-state index >= 15 is 0 Å². The van der Waals surface area contributed by atoms with Gasteiger partial charge in [-0.3, -0.25) is 0 Å². The highest BCUT2D eigenvalue weighted by Gasteiger charge is 2.42. The first-order valence-corrected chi connectivity index (χ1v) is 10.1. The second-order valence-corrected chi connectivity index (χ2v) is 8.48. The van der Waals surface area contributed by atoms with Crippen molar-refractivity contribution in [3.8, 4) is 17.5 Å². The third-order valence-electron chi connectivity index (χ3n) is 4.77. The molecule has 3 aromatic rings. The Kier molecular flexibility index (Phi) is 4.92. The van der Waals surface area contributed by atoms with Gasteiger partial charge in [-0.05, 0) is 38.9 Å². The van der Waals surface area contributed by atoms with E-state index in [4.69, 9.17) is 26.1 Å². The minimum absolute atomic E-state index is 0.222. The highest BCUT2D eigenvalue weighted by Crippen LogP contribution is 2.51. The fourth-order valence-corrected chi connectivity index (χ4v) is 4.03. The van der Waals surface area contributed by atoms with Crippen molar-refractivity contribution in [2.24, 2.45) is 0 Å². The summed E-state index contributed by atoms with van der Waals surface area (Å²) in [5.41, 5.74) is 1.13. The third-order valence-corrected chi connectivity index (χ3v) is 6.65. The molecule has 1 fully saturated rings. The Morgan fingerprint density at radius 1 is 1.26 bits per heavy atom. The molecule has 0 aliphatic heterocycles. The monoisotopic (exact) mass is 404 g/mol. The Bertz CT molecular complexity index is 956. The third kappa shape index (κ3) is 3.85. The first kappa shape index (κ1) is 18.4. The van der Waals surface area contributed by atoms with Gasteiger partial charge in [-0.1, -0.05) is 18.5 Å². The summed E-state index contributed by atoms with van der Waals surface area (Å²) in [6, 6.07) is 3.99. The van der Waals surface area contributed by atoms with E-state index in [1.165, 1.54) is 19.0 Å². The lowest BCUT2D eigenvalue weighted by Gasteiger charge is -2.11. The van der Waals surface area contributed by atoms with Crippen molar-refractivity contribution in [2.45, 2.75) is 38.1 Å². The summed E-state index contributed by atoms with van der Waals surface area (Å²) in [7, 11) is 1.88. The topological polar surface area (TPSA) is 69.2 Å². The zero-order chi connectivity index (χ0) is 19.0. The maximum atomic E-state index is 6.57. The Morgan fingerprint density at radius 3 is 2.67 bits per heavy atom. The van der Waals surface area contributed by atoms with Gasteiger partial charge in [0, 0.05) is 11.5 Å². The predicted octanol–water partition coefficient (Wildman–Crippen LogP) is 4.57. The van der Waals surface area contributed by atoms with Crippen molar-refractivity contribution in [3.63, 3.8) is 0 Å². The number of aromatic nitrogens is 3. The normalized spacial score (nSPS) is 16.3. The molecule has 1 aliphatic rings. The van der Waals surface area contributed by atoms with E-state index < -0.39 is 0 Å². The molecule has 1 aromatic carbocycles. The molecule has 2 aromatic heterocycles. The molecule has 142 valence electrons. The van der Waals surface area contributed by atoms with Crippen LogP contribution in [0.15, 0.2) is 24.5 Å². The van der Waals surface area contributed by atoms with Crippen LogP contribution < -0.4 is 14.8 Å². The molecule has 1 unspecified atom stereocenters. The van der Waals surface area contributed by atoms with Crippen LogP contribution in [0.25, 0.3) is 10.2 Å². The molecule has 1 atom stereocenters. The number of hydrogen-bond acceptors (Lipinski definition) is 7. The van der Waals surface area contributed by atoms with Gasteiger partial charge in [0.05, 0.1) is 27.6 Å². The zero-order valence-corrected chi connectivity index (χ0v) is 17.0. The van der Waals surface area contributed by atoms with Crippen molar-refractivity contribution >= 4 is 33.2 Å². The van der Waals surface area contributed by atoms with Gasteiger partial charge < -0.3 is 14.8 Å². The Hall–Kier alpha value is -1.96. The average molecular weight is 405 g/mol. The van der Waals surface area contributed by atoms with Crippen molar-refractivity contribution < 1.29 is 9.47 Å². The van der Waals surface area contributed by atoms with E-state index in [0.717, 1.165) is 15.2 Å². The summed E-state index contributed by atoms with van der Waals surface area (Å²) in [6.45, 7) is 4.78. The molecule has 1 saturated carbocycles. The molecule has 0 bridgehead atoms. The Balaban J connectivity index is 1.50. The molecule has 1 aliphatic carbocycles. The molecule has 1 N–H and O–H groups in total. The molecule has 0 spiro atoms. The van der Waals surface area contributed by atoms with Crippen LogP contribution in [0, 0.1) is 0 Å². The summed E-state index contributed by atoms with van der Waals surface area (Å²) in [5, 5.41) is 4.81. The number of rotatable bonds is 7. The van der Waals surface area contributed by atoms with Crippen LogP contribution in [0.5, 0.6) is 17.5 Å². The van der Waals surface area contributed by atoms with E-state index in [-0.39, 0.29) is 11.5 Å². The van der Waals surface area contributed by atoms with Crippen molar-refractivity contribution in [1.82, 2.24) is 20.3 Å². The van der Waals surface area contributed by atoms with Crippen LogP contribution in [0.3, 0.4) is 0 Å². The first-order valence-electron chi connectivity index (χ1n) is 8.88. The lowest BCUT2D eigenvalue weighted by atomic mass is 10.2. The van der Waals surface area contributed by atoms with E-state index in [2.05, 4.69) is 22.2 Å². The minimum Gasteiger partial charge on any atom is -0.475 e. The van der Waals surface area contributed by atoms with Gasteiger partial charge in [-0.25, -0.2) is 15.0 Å². The van der Waals surface area contributed by atoms with Gasteiger partial charge in [0.25, 0.3) is 0 Å². The van der Waals surface area contributed by atoms with Gasteiger partial charge in [-0.15, -0.1) is 11.3 Å².